The van der Waals surface area contributed by atoms with E-state index in [1.54, 1.807) is 0 Å². The van der Waals surface area contributed by atoms with Crippen molar-refractivity contribution in [3.63, 3.8) is 0 Å². The average molecular weight is 355 g/mol. The topological polar surface area (TPSA) is 57.6 Å². The maximum absolute atomic E-state index is 13.1. The Morgan fingerprint density at radius 3 is 2.64 bits per heavy atom. The summed E-state index contributed by atoms with van der Waals surface area (Å²) in [6.45, 7) is 2.20. The Balaban J connectivity index is 2.55. The molecule has 7 heteroatoms. The molecule has 4 nitrogen and oxygen atoms in total. The van der Waals surface area contributed by atoms with Crippen molar-refractivity contribution in [2.24, 2.45) is 0 Å². The molecule has 0 spiro atoms. The van der Waals surface area contributed by atoms with E-state index in [0.717, 1.165) is 24.6 Å². The highest BCUT2D eigenvalue weighted by atomic mass is 19.4. The number of alkyl halides is 3. The van der Waals surface area contributed by atoms with E-state index in [0.29, 0.717) is 30.4 Å². The number of benzene rings is 1. The maximum Gasteiger partial charge on any atom is 0.416 e. The average Bonchev–Trinajstić information content (AvgIpc) is 2.70. The normalized spacial score (nSPS) is 16.5. The molecule has 0 radical (unpaired) electrons. The van der Waals surface area contributed by atoms with Crippen molar-refractivity contribution in [3.8, 4) is 0 Å². The lowest BCUT2D eigenvalue weighted by molar-refractivity contribution is -0.137. The number of allylic oxidation sites excluding steroid dienone is 1. The number of amides is 1. The van der Waals surface area contributed by atoms with Gasteiger partial charge in [0.15, 0.2) is 0 Å². The Morgan fingerprint density at radius 1 is 1.32 bits per heavy atom. The second-order valence-corrected chi connectivity index (χ2v) is 5.99. The van der Waals surface area contributed by atoms with Crippen molar-refractivity contribution >= 4 is 23.1 Å². The summed E-state index contributed by atoms with van der Waals surface area (Å²) in [5, 5.41) is 9.02. The SMILES string of the molecule is CCCCC(=O)N1CCCC(=CC(=O)O)c2ccc(C(F)(F)F)cc21. The number of carboxylic acid groups (broad SMARTS) is 1. The molecule has 0 fully saturated rings. The second-order valence-electron chi connectivity index (χ2n) is 5.99. The molecule has 0 saturated carbocycles. The van der Waals surface area contributed by atoms with Crippen molar-refractivity contribution in [1.29, 1.82) is 0 Å². The Labute approximate surface area is 143 Å². The molecule has 0 unspecified atom stereocenters. The highest BCUT2D eigenvalue weighted by molar-refractivity contribution is 5.99. The molecule has 1 aliphatic heterocycles. The van der Waals surface area contributed by atoms with Gasteiger partial charge in [0.1, 0.15) is 0 Å². The van der Waals surface area contributed by atoms with Gasteiger partial charge >= 0.3 is 12.1 Å². The first-order chi connectivity index (χ1) is 11.7. The van der Waals surface area contributed by atoms with E-state index < -0.39 is 17.7 Å². The monoisotopic (exact) mass is 355 g/mol. The molecular weight excluding hydrogens is 335 g/mol. The van der Waals surface area contributed by atoms with E-state index in [-0.39, 0.29) is 24.6 Å². The van der Waals surface area contributed by atoms with Crippen molar-refractivity contribution in [2.75, 3.05) is 11.4 Å². The van der Waals surface area contributed by atoms with Crippen LogP contribution in [0.4, 0.5) is 18.9 Å². The minimum Gasteiger partial charge on any atom is -0.478 e. The summed E-state index contributed by atoms with van der Waals surface area (Å²) in [4.78, 5) is 24.9. The first kappa shape index (κ1) is 19.0. The number of rotatable bonds is 4. The first-order valence-electron chi connectivity index (χ1n) is 8.19. The fraction of sp³-hybridized carbons (Fsp3) is 0.444. The number of hydrogen-bond acceptors (Lipinski definition) is 2. The van der Waals surface area contributed by atoms with Gasteiger partial charge in [0.05, 0.1) is 11.3 Å². The van der Waals surface area contributed by atoms with Crippen LogP contribution in [0.15, 0.2) is 24.3 Å². The third-order valence-electron chi connectivity index (χ3n) is 4.13. The maximum atomic E-state index is 13.1. The fourth-order valence-corrected chi connectivity index (χ4v) is 2.91. The zero-order chi connectivity index (χ0) is 18.6. The van der Waals surface area contributed by atoms with Crippen LogP contribution in [0, 0.1) is 0 Å². The van der Waals surface area contributed by atoms with Gasteiger partial charge in [0, 0.05) is 24.6 Å². The number of anilines is 1. The third kappa shape index (κ3) is 4.61. The molecule has 0 aromatic heterocycles. The Kier molecular flexibility index (Phi) is 5.87. The summed E-state index contributed by atoms with van der Waals surface area (Å²) in [5.41, 5.74) is 0.0943. The van der Waals surface area contributed by atoms with Crippen LogP contribution in [-0.4, -0.2) is 23.5 Å². The van der Waals surface area contributed by atoms with Gasteiger partial charge in [-0.3, -0.25) is 4.79 Å². The highest BCUT2D eigenvalue weighted by Crippen LogP contribution is 2.39. The van der Waals surface area contributed by atoms with Crippen molar-refractivity contribution < 1.29 is 27.9 Å². The van der Waals surface area contributed by atoms with Crippen LogP contribution in [0.25, 0.3) is 5.57 Å². The lowest BCUT2D eigenvalue weighted by Crippen LogP contribution is -2.31. The molecule has 136 valence electrons. The smallest absolute Gasteiger partial charge is 0.416 e. The van der Waals surface area contributed by atoms with E-state index in [2.05, 4.69) is 0 Å². The Morgan fingerprint density at radius 2 is 2.04 bits per heavy atom. The minimum atomic E-state index is -4.53. The minimum absolute atomic E-state index is 0.140. The molecule has 0 atom stereocenters. The fourth-order valence-electron chi connectivity index (χ4n) is 2.91. The quantitative estimate of drug-likeness (QED) is 0.810. The van der Waals surface area contributed by atoms with Crippen molar-refractivity contribution in [1.82, 2.24) is 0 Å². The molecule has 1 amide bonds. The van der Waals surface area contributed by atoms with Crippen LogP contribution in [-0.2, 0) is 15.8 Å². The van der Waals surface area contributed by atoms with E-state index >= 15 is 0 Å². The predicted molar refractivity (Wildman–Crippen MR) is 88.2 cm³/mol. The van der Waals surface area contributed by atoms with Crippen LogP contribution in [0.5, 0.6) is 0 Å². The van der Waals surface area contributed by atoms with Crippen LogP contribution in [0.2, 0.25) is 0 Å². The number of carbonyl (C=O) groups excluding carboxylic acids is 1. The molecule has 25 heavy (non-hydrogen) atoms. The number of nitrogens with zero attached hydrogens (tertiary/aromatic N) is 1. The van der Waals surface area contributed by atoms with Gasteiger partial charge in [-0.1, -0.05) is 19.4 Å². The molecule has 1 aromatic rings. The van der Waals surface area contributed by atoms with Gasteiger partial charge in [-0.2, -0.15) is 13.2 Å². The Bertz CT molecular complexity index is 695. The molecule has 0 aliphatic carbocycles. The van der Waals surface area contributed by atoms with Crippen LogP contribution >= 0.6 is 0 Å². The standard InChI is InChI=1S/C18H20F3NO3/c1-2-3-6-16(23)22-9-4-5-12(10-17(24)25)14-8-7-13(11-15(14)22)18(19,20)21/h7-8,10-11H,2-6,9H2,1H3,(H,24,25). The predicted octanol–water partition coefficient (Wildman–Crippen LogP) is 4.49. The second kappa shape index (κ2) is 7.72. The summed E-state index contributed by atoms with van der Waals surface area (Å²) in [5.74, 6) is -1.40. The number of halogens is 3. The lowest BCUT2D eigenvalue weighted by Gasteiger charge is -2.24. The first-order valence-corrected chi connectivity index (χ1v) is 8.19. The Hall–Kier alpha value is -2.31. The van der Waals surface area contributed by atoms with Crippen LogP contribution in [0.3, 0.4) is 0 Å². The molecule has 1 aromatic carbocycles. The molecule has 1 heterocycles. The van der Waals surface area contributed by atoms with Crippen LogP contribution in [0.1, 0.15) is 50.2 Å². The van der Waals surface area contributed by atoms with Gasteiger partial charge in [0.25, 0.3) is 0 Å². The van der Waals surface area contributed by atoms with E-state index in [4.69, 9.17) is 5.11 Å². The molecule has 2 rings (SSSR count). The van der Waals surface area contributed by atoms with Gasteiger partial charge in [-0.25, -0.2) is 4.79 Å². The summed E-state index contributed by atoms with van der Waals surface area (Å²) in [6.07, 6.45) is -0.928. The number of carboxylic acids is 1. The number of unbranched alkanes of at least 4 members (excludes halogenated alkanes) is 1. The van der Waals surface area contributed by atoms with Gasteiger partial charge < -0.3 is 10.0 Å². The van der Waals surface area contributed by atoms with Crippen molar-refractivity contribution in [3.05, 3.63) is 35.4 Å². The number of aliphatic carboxylic acids is 1. The molecular formula is C18H20F3NO3. The van der Waals surface area contributed by atoms with Gasteiger partial charge in [-0.05, 0) is 37.0 Å². The van der Waals surface area contributed by atoms with Gasteiger partial charge in [-0.15, -0.1) is 0 Å². The molecule has 1 N–H and O–H groups in total. The summed E-state index contributed by atoms with van der Waals surface area (Å²) >= 11 is 0. The van der Waals surface area contributed by atoms with Crippen molar-refractivity contribution in [2.45, 2.75) is 45.2 Å². The summed E-state index contributed by atoms with van der Waals surface area (Å²) in [6, 6.07) is 3.13. The zero-order valence-electron chi connectivity index (χ0n) is 13.9. The lowest BCUT2D eigenvalue weighted by atomic mass is 9.98. The summed E-state index contributed by atoms with van der Waals surface area (Å²) < 4.78 is 39.3. The third-order valence-corrected chi connectivity index (χ3v) is 4.13. The van der Waals surface area contributed by atoms with Gasteiger partial charge in [0.2, 0.25) is 5.91 Å². The zero-order valence-corrected chi connectivity index (χ0v) is 13.9. The molecule has 1 aliphatic rings. The number of fused-ring (bicyclic) bond motifs is 1. The van der Waals surface area contributed by atoms with E-state index in [1.807, 2.05) is 6.92 Å². The molecule has 0 saturated heterocycles. The van der Waals surface area contributed by atoms with E-state index in [1.165, 1.54) is 11.0 Å². The van der Waals surface area contributed by atoms with E-state index in [9.17, 15) is 22.8 Å². The molecule has 0 bridgehead atoms. The van der Waals surface area contributed by atoms with Crippen LogP contribution < -0.4 is 4.90 Å². The summed E-state index contributed by atoms with van der Waals surface area (Å²) in [7, 11) is 0. The highest BCUT2D eigenvalue weighted by Gasteiger charge is 2.33. The number of carbonyl (C=O) groups is 2. The largest absolute Gasteiger partial charge is 0.478 e. The number of hydrogen-bond donors (Lipinski definition) is 1.